The lowest BCUT2D eigenvalue weighted by molar-refractivity contribution is 0.0284. The Bertz CT molecular complexity index is 429. The minimum atomic E-state index is 0.0452. The van der Waals surface area contributed by atoms with Crippen molar-refractivity contribution in [3.8, 4) is 0 Å². The zero-order valence-electron chi connectivity index (χ0n) is 12.0. The molecule has 1 heterocycles. The number of nitrogens with two attached hydrogens (primary N) is 1. The molecule has 0 radical (unpaired) electrons. The van der Waals surface area contributed by atoms with E-state index >= 15 is 0 Å². The smallest absolute Gasteiger partial charge is 0.0766 e. The molecule has 2 N–H and O–H groups in total. The van der Waals surface area contributed by atoms with Gasteiger partial charge in [0, 0.05) is 26.1 Å². The van der Waals surface area contributed by atoms with Crippen molar-refractivity contribution in [2.45, 2.75) is 51.7 Å². The van der Waals surface area contributed by atoms with E-state index in [1.165, 1.54) is 18.5 Å². The Hall–Kier alpha value is -0.390. The van der Waals surface area contributed by atoms with Crippen LogP contribution < -0.4 is 5.73 Å². The Kier molecular flexibility index (Phi) is 5.03. The van der Waals surface area contributed by atoms with Gasteiger partial charge in [-0.2, -0.15) is 5.10 Å². The largest absolute Gasteiger partial charge is 0.377 e. The zero-order valence-corrected chi connectivity index (χ0v) is 13.6. The molecule has 1 aliphatic rings. The van der Waals surface area contributed by atoms with E-state index < -0.39 is 0 Å². The summed E-state index contributed by atoms with van der Waals surface area (Å²) in [5, 5.41) is 4.52. The van der Waals surface area contributed by atoms with Crippen LogP contribution in [0.3, 0.4) is 0 Å². The van der Waals surface area contributed by atoms with Gasteiger partial charge < -0.3 is 10.5 Å². The van der Waals surface area contributed by atoms with Crippen LogP contribution in [-0.2, 0) is 24.6 Å². The topological polar surface area (TPSA) is 53.1 Å². The highest BCUT2D eigenvalue weighted by atomic mass is 79.9. The van der Waals surface area contributed by atoms with Crippen molar-refractivity contribution in [1.82, 2.24) is 9.78 Å². The van der Waals surface area contributed by atoms with Gasteiger partial charge in [-0.15, -0.1) is 0 Å². The van der Waals surface area contributed by atoms with Gasteiger partial charge in [-0.25, -0.2) is 0 Å². The Morgan fingerprint density at radius 1 is 1.47 bits per heavy atom. The van der Waals surface area contributed by atoms with E-state index in [1.807, 2.05) is 18.7 Å². The quantitative estimate of drug-likeness (QED) is 0.835. The SMILES string of the molecule is CCOC(C(N)Cc1c(Br)c(CC)nn1C)C1CC1. The lowest BCUT2D eigenvalue weighted by atomic mass is 10.0. The second-order valence-corrected chi connectivity index (χ2v) is 6.10. The van der Waals surface area contributed by atoms with Crippen molar-refractivity contribution in [1.29, 1.82) is 0 Å². The van der Waals surface area contributed by atoms with Gasteiger partial charge in [-0.05, 0) is 48.0 Å². The maximum atomic E-state index is 6.38. The molecule has 0 spiro atoms. The number of rotatable bonds is 7. The molecule has 0 bridgehead atoms. The molecule has 108 valence electrons. The van der Waals surface area contributed by atoms with Crippen LogP contribution in [-0.4, -0.2) is 28.5 Å². The van der Waals surface area contributed by atoms with E-state index in [0.29, 0.717) is 5.92 Å². The fourth-order valence-corrected chi connectivity index (χ4v) is 3.39. The number of aryl methyl sites for hydroxylation is 2. The lowest BCUT2D eigenvalue weighted by Crippen LogP contribution is -2.40. The van der Waals surface area contributed by atoms with Crippen molar-refractivity contribution >= 4 is 15.9 Å². The lowest BCUT2D eigenvalue weighted by Gasteiger charge is -2.23. The molecule has 2 rings (SSSR count). The average Bonchev–Trinajstić information content (AvgIpc) is 3.18. The summed E-state index contributed by atoms with van der Waals surface area (Å²) in [7, 11) is 1.98. The van der Waals surface area contributed by atoms with Crippen molar-refractivity contribution in [2.75, 3.05) is 6.61 Å². The molecular formula is C14H24BrN3O. The molecule has 2 unspecified atom stereocenters. The van der Waals surface area contributed by atoms with Crippen LogP contribution in [0.2, 0.25) is 0 Å². The third kappa shape index (κ3) is 3.38. The standard InChI is InChI=1S/C14H24BrN3O/c1-4-11-13(15)12(18(3)17-11)8-10(16)14(19-5-2)9-6-7-9/h9-10,14H,4-8,16H2,1-3H3. The molecule has 1 aromatic rings. The van der Waals surface area contributed by atoms with Gasteiger partial charge in [0.25, 0.3) is 0 Å². The predicted octanol–water partition coefficient (Wildman–Crippen LogP) is 2.43. The molecule has 1 aliphatic carbocycles. The molecule has 2 atom stereocenters. The van der Waals surface area contributed by atoms with Crippen LogP contribution in [0.1, 0.15) is 38.1 Å². The first kappa shape index (κ1) is 15.0. The highest BCUT2D eigenvalue weighted by Gasteiger charge is 2.36. The summed E-state index contributed by atoms with van der Waals surface area (Å²) in [5.74, 6) is 0.660. The van der Waals surface area contributed by atoms with E-state index in [-0.39, 0.29) is 12.1 Å². The zero-order chi connectivity index (χ0) is 14.0. The Morgan fingerprint density at radius 2 is 2.16 bits per heavy atom. The van der Waals surface area contributed by atoms with Gasteiger partial charge in [0.2, 0.25) is 0 Å². The van der Waals surface area contributed by atoms with Crippen molar-refractivity contribution in [3.63, 3.8) is 0 Å². The number of ether oxygens (including phenoxy) is 1. The fraction of sp³-hybridized carbons (Fsp3) is 0.786. The van der Waals surface area contributed by atoms with Crippen LogP contribution in [0.25, 0.3) is 0 Å². The Labute approximate surface area is 123 Å². The normalized spacial score (nSPS) is 18.6. The first-order valence-electron chi connectivity index (χ1n) is 7.15. The van der Waals surface area contributed by atoms with Crippen LogP contribution >= 0.6 is 15.9 Å². The summed E-state index contributed by atoms with van der Waals surface area (Å²) in [5.41, 5.74) is 8.66. The van der Waals surface area contributed by atoms with Crippen molar-refractivity contribution in [3.05, 3.63) is 15.9 Å². The summed E-state index contributed by atoms with van der Waals surface area (Å²) in [6.07, 6.45) is 4.44. The van der Waals surface area contributed by atoms with Crippen LogP contribution in [0, 0.1) is 5.92 Å². The molecule has 0 amide bonds. The summed E-state index contributed by atoms with van der Waals surface area (Å²) in [6, 6.07) is 0.0452. The second kappa shape index (κ2) is 6.37. The monoisotopic (exact) mass is 329 g/mol. The van der Waals surface area contributed by atoms with Gasteiger partial charge in [-0.1, -0.05) is 6.92 Å². The Balaban J connectivity index is 2.08. The fourth-order valence-electron chi connectivity index (χ4n) is 2.61. The molecule has 1 aromatic heterocycles. The summed E-state index contributed by atoms with van der Waals surface area (Å²) >= 11 is 3.65. The number of hydrogen-bond donors (Lipinski definition) is 1. The molecule has 1 saturated carbocycles. The average molecular weight is 330 g/mol. The summed E-state index contributed by atoms with van der Waals surface area (Å²) in [6.45, 7) is 4.89. The molecule has 0 aromatic carbocycles. The minimum absolute atomic E-state index is 0.0452. The number of nitrogens with zero attached hydrogens (tertiary/aromatic N) is 2. The molecular weight excluding hydrogens is 306 g/mol. The van der Waals surface area contributed by atoms with Gasteiger partial charge >= 0.3 is 0 Å². The van der Waals surface area contributed by atoms with Crippen LogP contribution in [0.15, 0.2) is 4.47 Å². The van der Waals surface area contributed by atoms with Gasteiger partial charge in [-0.3, -0.25) is 4.68 Å². The highest BCUT2D eigenvalue weighted by molar-refractivity contribution is 9.10. The molecule has 0 aliphatic heterocycles. The van der Waals surface area contributed by atoms with Crippen molar-refractivity contribution < 1.29 is 4.74 Å². The third-order valence-electron chi connectivity index (χ3n) is 3.80. The van der Waals surface area contributed by atoms with Crippen LogP contribution in [0.5, 0.6) is 0 Å². The number of aromatic nitrogens is 2. The van der Waals surface area contributed by atoms with E-state index in [4.69, 9.17) is 10.5 Å². The third-order valence-corrected chi connectivity index (χ3v) is 4.72. The molecule has 0 saturated heterocycles. The molecule has 19 heavy (non-hydrogen) atoms. The highest BCUT2D eigenvalue weighted by Crippen LogP contribution is 2.36. The molecule has 1 fully saturated rings. The molecule has 4 nitrogen and oxygen atoms in total. The maximum absolute atomic E-state index is 6.38. The molecule has 5 heteroatoms. The van der Waals surface area contributed by atoms with Gasteiger partial charge in [0.05, 0.1) is 22.0 Å². The van der Waals surface area contributed by atoms with E-state index in [2.05, 4.69) is 28.0 Å². The maximum Gasteiger partial charge on any atom is 0.0766 e. The second-order valence-electron chi connectivity index (χ2n) is 5.31. The first-order valence-corrected chi connectivity index (χ1v) is 7.95. The van der Waals surface area contributed by atoms with E-state index in [0.717, 1.165) is 29.6 Å². The van der Waals surface area contributed by atoms with Gasteiger partial charge in [0.15, 0.2) is 0 Å². The van der Waals surface area contributed by atoms with Crippen LogP contribution in [0.4, 0.5) is 0 Å². The van der Waals surface area contributed by atoms with E-state index in [1.54, 1.807) is 0 Å². The first-order chi connectivity index (χ1) is 9.08. The van der Waals surface area contributed by atoms with Gasteiger partial charge in [0.1, 0.15) is 0 Å². The number of hydrogen-bond acceptors (Lipinski definition) is 3. The number of halogens is 1. The summed E-state index contributed by atoms with van der Waals surface area (Å²) < 4.78 is 8.90. The van der Waals surface area contributed by atoms with E-state index in [9.17, 15) is 0 Å². The predicted molar refractivity (Wildman–Crippen MR) is 80.1 cm³/mol. The van der Waals surface area contributed by atoms with Crippen molar-refractivity contribution in [2.24, 2.45) is 18.7 Å². The summed E-state index contributed by atoms with van der Waals surface area (Å²) in [4.78, 5) is 0. The minimum Gasteiger partial charge on any atom is -0.377 e. The Morgan fingerprint density at radius 3 is 2.63 bits per heavy atom.